The second-order valence-corrected chi connectivity index (χ2v) is 4.76. The van der Waals surface area contributed by atoms with Crippen LogP contribution >= 0.6 is 27.5 Å². The highest BCUT2D eigenvalue weighted by Gasteiger charge is 2.33. The molecule has 0 aliphatic rings. The van der Waals surface area contributed by atoms with Crippen LogP contribution in [0, 0.1) is 0 Å². The van der Waals surface area contributed by atoms with Crippen molar-refractivity contribution in [2.24, 2.45) is 0 Å². The lowest BCUT2D eigenvalue weighted by Gasteiger charge is -2.08. The number of rotatable bonds is 2. The van der Waals surface area contributed by atoms with Gasteiger partial charge in [0.1, 0.15) is 21.3 Å². The molecule has 0 fully saturated rings. The second-order valence-electron chi connectivity index (χ2n) is 3.59. The number of anilines is 1. The Kier molecular flexibility index (Phi) is 4.00. The number of carbonyl (C=O) groups is 1. The molecular formula is C10H5BrClF3N4O. The zero-order valence-corrected chi connectivity index (χ0v) is 11.8. The van der Waals surface area contributed by atoms with Crippen LogP contribution in [-0.4, -0.2) is 21.1 Å². The average molecular weight is 370 g/mol. The molecule has 0 bridgehead atoms. The van der Waals surface area contributed by atoms with Gasteiger partial charge in [-0.1, -0.05) is 11.6 Å². The molecule has 0 aliphatic heterocycles. The molecule has 2 rings (SSSR count). The van der Waals surface area contributed by atoms with Crippen LogP contribution in [0.5, 0.6) is 0 Å². The number of carbonyl (C=O) groups excluding carboxylic acids is 1. The first-order chi connectivity index (χ1) is 9.27. The molecular weight excluding hydrogens is 364 g/mol. The number of aromatic amines is 1. The van der Waals surface area contributed by atoms with Gasteiger partial charge in [0, 0.05) is 6.07 Å². The van der Waals surface area contributed by atoms with Crippen molar-refractivity contribution >= 4 is 39.3 Å². The van der Waals surface area contributed by atoms with Crippen LogP contribution in [0.2, 0.25) is 5.15 Å². The molecule has 0 saturated heterocycles. The topological polar surface area (TPSA) is 70.7 Å². The van der Waals surface area contributed by atoms with Crippen molar-refractivity contribution in [1.29, 1.82) is 0 Å². The predicted octanol–water partition coefficient (Wildman–Crippen LogP) is 3.49. The zero-order chi connectivity index (χ0) is 14.9. The fourth-order valence-electron chi connectivity index (χ4n) is 1.31. The normalized spacial score (nSPS) is 11.4. The molecule has 0 spiro atoms. The number of alkyl halides is 3. The lowest BCUT2D eigenvalue weighted by atomic mass is 10.2. The summed E-state index contributed by atoms with van der Waals surface area (Å²) in [6, 6.07) is 3.12. The number of aromatic nitrogens is 3. The van der Waals surface area contributed by atoms with Gasteiger partial charge in [-0.05, 0) is 28.1 Å². The molecule has 5 nitrogen and oxygen atoms in total. The SMILES string of the molecule is O=C(Nc1cc(Br)n[nH]1)c1ccc(C(F)(F)F)nc1Cl. The monoisotopic (exact) mass is 368 g/mol. The van der Waals surface area contributed by atoms with E-state index in [9.17, 15) is 18.0 Å². The molecule has 0 radical (unpaired) electrons. The number of hydrogen-bond acceptors (Lipinski definition) is 3. The Hall–Kier alpha value is -1.61. The lowest BCUT2D eigenvalue weighted by Crippen LogP contribution is -2.15. The van der Waals surface area contributed by atoms with Crippen LogP contribution in [0.25, 0.3) is 0 Å². The third-order valence-corrected chi connectivity index (χ3v) is 2.87. The summed E-state index contributed by atoms with van der Waals surface area (Å²) in [6.07, 6.45) is -4.62. The second kappa shape index (κ2) is 5.41. The molecule has 106 valence electrons. The van der Waals surface area contributed by atoms with E-state index in [0.717, 1.165) is 6.07 Å². The summed E-state index contributed by atoms with van der Waals surface area (Å²) in [5.41, 5.74) is -1.34. The Bertz CT molecular complexity index is 658. The van der Waals surface area contributed by atoms with E-state index in [1.807, 2.05) is 0 Å². The van der Waals surface area contributed by atoms with Crippen LogP contribution in [-0.2, 0) is 6.18 Å². The van der Waals surface area contributed by atoms with Gasteiger partial charge in [0.25, 0.3) is 5.91 Å². The Labute approximate surface area is 123 Å². The van der Waals surface area contributed by atoms with Crippen LogP contribution in [0.15, 0.2) is 22.8 Å². The van der Waals surface area contributed by atoms with Crippen LogP contribution < -0.4 is 5.32 Å². The van der Waals surface area contributed by atoms with E-state index in [0.29, 0.717) is 10.7 Å². The van der Waals surface area contributed by atoms with E-state index < -0.39 is 22.9 Å². The molecule has 2 aromatic rings. The van der Waals surface area contributed by atoms with Gasteiger partial charge in [0.05, 0.1) is 5.56 Å². The first kappa shape index (κ1) is 14.8. The van der Waals surface area contributed by atoms with E-state index in [1.165, 1.54) is 6.07 Å². The standard InChI is InChI=1S/C10H5BrClF3N4O/c11-6-3-7(19-18-6)17-9(20)4-1-2-5(10(13,14)15)16-8(4)12/h1-3H,(H2,17,18,19,20). The number of nitrogens with one attached hydrogen (secondary N) is 2. The van der Waals surface area contributed by atoms with Crippen molar-refractivity contribution in [2.75, 3.05) is 5.32 Å². The van der Waals surface area contributed by atoms with Crippen molar-refractivity contribution in [3.05, 3.63) is 39.2 Å². The van der Waals surface area contributed by atoms with Crippen molar-refractivity contribution in [2.45, 2.75) is 6.18 Å². The van der Waals surface area contributed by atoms with Gasteiger partial charge < -0.3 is 5.32 Å². The maximum absolute atomic E-state index is 12.4. The van der Waals surface area contributed by atoms with E-state index in [2.05, 4.69) is 36.4 Å². The third kappa shape index (κ3) is 3.28. The highest BCUT2D eigenvalue weighted by Crippen LogP contribution is 2.29. The minimum Gasteiger partial charge on any atom is -0.307 e. The van der Waals surface area contributed by atoms with Gasteiger partial charge in [-0.3, -0.25) is 9.89 Å². The Morgan fingerprint density at radius 1 is 1.40 bits per heavy atom. The molecule has 0 atom stereocenters. The Morgan fingerprint density at radius 3 is 2.60 bits per heavy atom. The van der Waals surface area contributed by atoms with E-state index >= 15 is 0 Å². The van der Waals surface area contributed by atoms with E-state index in [4.69, 9.17) is 11.6 Å². The first-order valence-electron chi connectivity index (χ1n) is 5.03. The smallest absolute Gasteiger partial charge is 0.307 e. The quantitative estimate of drug-likeness (QED) is 0.796. The van der Waals surface area contributed by atoms with Gasteiger partial charge in [-0.25, -0.2) is 4.98 Å². The van der Waals surface area contributed by atoms with Crippen molar-refractivity contribution < 1.29 is 18.0 Å². The van der Waals surface area contributed by atoms with Crippen LogP contribution in [0.3, 0.4) is 0 Å². The molecule has 0 unspecified atom stereocenters. The van der Waals surface area contributed by atoms with E-state index in [-0.39, 0.29) is 11.4 Å². The van der Waals surface area contributed by atoms with Crippen molar-refractivity contribution in [3.63, 3.8) is 0 Å². The van der Waals surface area contributed by atoms with Gasteiger partial charge >= 0.3 is 6.18 Å². The highest BCUT2D eigenvalue weighted by molar-refractivity contribution is 9.10. The summed E-state index contributed by atoms with van der Waals surface area (Å²) in [5.74, 6) is -0.440. The molecule has 10 heteroatoms. The summed E-state index contributed by atoms with van der Waals surface area (Å²) >= 11 is 8.66. The van der Waals surface area contributed by atoms with Gasteiger partial charge in [-0.15, -0.1) is 0 Å². The molecule has 20 heavy (non-hydrogen) atoms. The summed E-state index contributed by atoms with van der Waals surface area (Å²) in [4.78, 5) is 15.0. The minimum absolute atomic E-state index is 0.176. The number of H-pyrrole nitrogens is 1. The summed E-state index contributed by atoms with van der Waals surface area (Å²) < 4.78 is 37.7. The number of hydrogen-bond donors (Lipinski definition) is 2. The fraction of sp³-hybridized carbons (Fsp3) is 0.100. The number of amides is 1. The van der Waals surface area contributed by atoms with Gasteiger partial charge in [-0.2, -0.15) is 18.3 Å². The molecule has 0 saturated carbocycles. The Morgan fingerprint density at radius 2 is 2.10 bits per heavy atom. The molecule has 0 aliphatic carbocycles. The van der Waals surface area contributed by atoms with Crippen LogP contribution in [0.4, 0.5) is 19.0 Å². The number of nitrogens with zero attached hydrogens (tertiary/aromatic N) is 2. The zero-order valence-electron chi connectivity index (χ0n) is 9.42. The molecule has 1 amide bonds. The average Bonchev–Trinajstić information content (AvgIpc) is 2.73. The fourth-order valence-corrected chi connectivity index (χ4v) is 1.87. The van der Waals surface area contributed by atoms with Crippen LogP contribution in [0.1, 0.15) is 16.1 Å². The number of pyridine rings is 1. The Balaban J connectivity index is 2.22. The molecule has 0 aromatic carbocycles. The highest BCUT2D eigenvalue weighted by atomic mass is 79.9. The summed E-state index contributed by atoms with van der Waals surface area (Å²) in [5, 5.41) is 8.05. The van der Waals surface area contributed by atoms with Gasteiger partial charge in [0.2, 0.25) is 0 Å². The van der Waals surface area contributed by atoms with Gasteiger partial charge in [0.15, 0.2) is 0 Å². The maximum Gasteiger partial charge on any atom is 0.433 e. The summed E-state index contributed by atoms with van der Waals surface area (Å²) in [7, 11) is 0. The predicted molar refractivity (Wildman–Crippen MR) is 68.5 cm³/mol. The third-order valence-electron chi connectivity index (χ3n) is 2.18. The molecule has 2 N–H and O–H groups in total. The van der Waals surface area contributed by atoms with E-state index in [1.54, 1.807) is 0 Å². The first-order valence-corrected chi connectivity index (χ1v) is 6.20. The molecule has 2 aromatic heterocycles. The maximum atomic E-state index is 12.4. The lowest BCUT2D eigenvalue weighted by molar-refractivity contribution is -0.141. The minimum atomic E-state index is -4.62. The molecule has 2 heterocycles. The largest absolute Gasteiger partial charge is 0.433 e. The van der Waals surface area contributed by atoms with Crippen molar-refractivity contribution in [3.8, 4) is 0 Å². The van der Waals surface area contributed by atoms with Crippen molar-refractivity contribution in [1.82, 2.24) is 15.2 Å². The summed E-state index contributed by atoms with van der Waals surface area (Å²) in [6.45, 7) is 0. The number of halogens is 5.